The number of pyridine rings is 1. The third kappa shape index (κ3) is 2.93. The van der Waals surface area contributed by atoms with Crippen LogP contribution in [0.4, 0.5) is 10.1 Å². The standard InChI is InChI=1S/C21H24FN3O4/c22-15-7-12-18(25(11-4-5-11)8-13(20(12)26)21(27)28)14-9-29-10-17-16(23)3-1-2-6-24(17)19(14)15/h7-8,11,16-17H,1-6,9-10,23H2,(H,27,28). The van der Waals surface area contributed by atoms with Crippen molar-refractivity contribution in [3.05, 3.63) is 39.4 Å². The van der Waals surface area contributed by atoms with Gasteiger partial charge in [0, 0.05) is 35.8 Å². The molecule has 0 bridgehead atoms. The van der Waals surface area contributed by atoms with Gasteiger partial charge in [-0.05, 0) is 31.7 Å². The number of aromatic carboxylic acids is 1. The Morgan fingerprint density at radius 2 is 2.07 bits per heavy atom. The number of ether oxygens (including phenoxy) is 1. The van der Waals surface area contributed by atoms with E-state index in [1.54, 1.807) is 0 Å². The predicted molar refractivity (Wildman–Crippen MR) is 106 cm³/mol. The first kappa shape index (κ1) is 18.6. The minimum atomic E-state index is -1.29. The SMILES string of the molecule is NC1CCCCN2c3c(F)cc4c(=O)c(C(=O)O)cn(C5CC5)c4c3COCC12. The number of nitrogens with zero attached hydrogens (tertiary/aromatic N) is 2. The van der Waals surface area contributed by atoms with Crippen molar-refractivity contribution in [2.24, 2.45) is 5.73 Å². The van der Waals surface area contributed by atoms with Crippen LogP contribution in [0.5, 0.6) is 0 Å². The lowest BCUT2D eigenvalue weighted by Gasteiger charge is -2.34. The summed E-state index contributed by atoms with van der Waals surface area (Å²) >= 11 is 0. The molecule has 1 saturated carbocycles. The summed E-state index contributed by atoms with van der Waals surface area (Å²) in [6, 6.07) is 1.10. The monoisotopic (exact) mass is 401 g/mol. The van der Waals surface area contributed by atoms with Gasteiger partial charge in [-0.3, -0.25) is 4.79 Å². The number of hydrogen-bond acceptors (Lipinski definition) is 5. The number of rotatable bonds is 2. The first-order chi connectivity index (χ1) is 14.0. The molecule has 0 amide bonds. The van der Waals surface area contributed by atoms with Crippen LogP contribution in [0.15, 0.2) is 17.1 Å². The Bertz CT molecular complexity index is 1060. The maximum Gasteiger partial charge on any atom is 0.341 e. The summed E-state index contributed by atoms with van der Waals surface area (Å²) in [7, 11) is 0. The molecule has 1 saturated heterocycles. The number of halogens is 1. The van der Waals surface area contributed by atoms with Crippen LogP contribution in [-0.4, -0.2) is 40.9 Å². The summed E-state index contributed by atoms with van der Waals surface area (Å²) in [5.74, 6) is -1.81. The second-order valence-electron chi connectivity index (χ2n) is 8.33. The van der Waals surface area contributed by atoms with Crippen LogP contribution in [0.3, 0.4) is 0 Å². The minimum Gasteiger partial charge on any atom is -0.477 e. The molecule has 0 spiro atoms. The van der Waals surface area contributed by atoms with Crippen molar-refractivity contribution < 1.29 is 19.0 Å². The van der Waals surface area contributed by atoms with Crippen LogP contribution >= 0.6 is 0 Å². The van der Waals surface area contributed by atoms with Gasteiger partial charge in [0.05, 0.1) is 30.5 Å². The highest BCUT2D eigenvalue weighted by molar-refractivity contribution is 5.95. The molecule has 1 aliphatic carbocycles. The normalized spacial score (nSPS) is 24.6. The molecule has 7 nitrogen and oxygen atoms in total. The van der Waals surface area contributed by atoms with E-state index in [4.69, 9.17) is 10.5 Å². The third-order valence-corrected chi connectivity index (χ3v) is 6.41. The van der Waals surface area contributed by atoms with Gasteiger partial charge >= 0.3 is 5.97 Å². The summed E-state index contributed by atoms with van der Waals surface area (Å²) < 4.78 is 23.2. The first-order valence-corrected chi connectivity index (χ1v) is 10.2. The van der Waals surface area contributed by atoms with E-state index in [0.29, 0.717) is 29.9 Å². The Balaban J connectivity index is 1.82. The predicted octanol–water partition coefficient (Wildman–Crippen LogP) is 2.39. The number of hydrogen-bond donors (Lipinski definition) is 2. The minimum absolute atomic E-state index is 0.106. The van der Waals surface area contributed by atoms with E-state index in [2.05, 4.69) is 0 Å². The molecule has 2 fully saturated rings. The van der Waals surface area contributed by atoms with Gasteiger partial charge in [-0.2, -0.15) is 0 Å². The molecule has 2 aliphatic heterocycles. The number of carbonyl (C=O) groups is 1. The van der Waals surface area contributed by atoms with E-state index < -0.39 is 17.2 Å². The lowest BCUT2D eigenvalue weighted by atomic mass is 10.0. The summed E-state index contributed by atoms with van der Waals surface area (Å²) in [6.45, 7) is 1.25. The molecule has 5 rings (SSSR count). The van der Waals surface area contributed by atoms with E-state index in [9.17, 15) is 14.7 Å². The zero-order chi connectivity index (χ0) is 20.3. The number of benzene rings is 1. The second-order valence-corrected chi connectivity index (χ2v) is 8.33. The highest BCUT2D eigenvalue weighted by atomic mass is 19.1. The van der Waals surface area contributed by atoms with Crippen molar-refractivity contribution >= 4 is 22.6 Å². The van der Waals surface area contributed by atoms with Gasteiger partial charge in [-0.1, -0.05) is 6.42 Å². The molecule has 3 aliphatic rings. The Labute approximate surface area is 166 Å². The van der Waals surface area contributed by atoms with Gasteiger partial charge in [-0.15, -0.1) is 0 Å². The van der Waals surface area contributed by atoms with Crippen molar-refractivity contribution in [2.75, 3.05) is 18.1 Å². The Morgan fingerprint density at radius 3 is 2.79 bits per heavy atom. The average Bonchev–Trinajstić information content (AvgIpc) is 3.52. The van der Waals surface area contributed by atoms with Crippen molar-refractivity contribution in [2.45, 2.75) is 56.8 Å². The molecule has 2 unspecified atom stereocenters. The summed E-state index contributed by atoms with van der Waals surface area (Å²) in [4.78, 5) is 26.5. The Kier molecular flexibility index (Phi) is 4.36. The molecule has 29 heavy (non-hydrogen) atoms. The molecule has 1 aromatic carbocycles. The fourth-order valence-electron chi connectivity index (χ4n) is 4.82. The second kappa shape index (κ2) is 6.81. The molecule has 3 N–H and O–H groups in total. The number of fused-ring (bicyclic) bond motifs is 5. The van der Waals surface area contributed by atoms with Crippen LogP contribution < -0.4 is 16.1 Å². The van der Waals surface area contributed by atoms with E-state index in [1.807, 2.05) is 9.47 Å². The third-order valence-electron chi connectivity index (χ3n) is 6.41. The number of anilines is 1. The fourth-order valence-corrected chi connectivity index (χ4v) is 4.82. The highest BCUT2D eigenvalue weighted by Gasteiger charge is 2.36. The van der Waals surface area contributed by atoms with Gasteiger partial charge in [-0.25, -0.2) is 9.18 Å². The summed E-state index contributed by atoms with van der Waals surface area (Å²) in [5, 5.41) is 9.57. The summed E-state index contributed by atoms with van der Waals surface area (Å²) in [5.41, 5.74) is 7.07. The fraction of sp³-hybridized carbons (Fsp3) is 0.524. The van der Waals surface area contributed by atoms with Crippen LogP contribution in [0, 0.1) is 5.82 Å². The van der Waals surface area contributed by atoms with E-state index in [0.717, 1.165) is 32.1 Å². The quantitative estimate of drug-likeness (QED) is 0.802. The highest BCUT2D eigenvalue weighted by Crippen LogP contribution is 2.42. The average molecular weight is 401 g/mol. The van der Waals surface area contributed by atoms with Gasteiger partial charge in [0.1, 0.15) is 11.4 Å². The molecule has 2 atom stereocenters. The number of carboxylic acid groups (broad SMARTS) is 1. The lowest BCUT2D eigenvalue weighted by Crippen LogP contribution is -2.49. The first-order valence-electron chi connectivity index (χ1n) is 10.2. The molecule has 2 aromatic rings. The largest absolute Gasteiger partial charge is 0.477 e. The van der Waals surface area contributed by atoms with Crippen molar-refractivity contribution in [3.8, 4) is 0 Å². The van der Waals surface area contributed by atoms with Crippen LogP contribution in [0.25, 0.3) is 10.9 Å². The molecule has 3 heterocycles. The van der Waals surface area contributed by atoms with Crippen LogP contribution in [-0.2, 0) is 11.3 Å². The van der Waals surface area contributed by atoms with Crippen LogP contribution in [0.2, 0.25) is 0 Å². The van der Waals surface area contributed by atoms with Gasteiger partial charge in [0.2, 0.25) is 5.43 Å². The molecule has 0 radical (unpaired) electrons. The van der Waals surface area contributed by atoms with Gasteiger partial charge < -0.3 is 25.0 Å². The van der Waals surface area contributed by atoms with E-state index >= 15 is 4.39 Å². The smallest absolute Gasteiger partial charge is 0.341 e. The maximum atomic E-state index is 15.4. The molecule has 1 aromatic heterocycles. The van der Waals surface area contributed by atoms with Gasteiger partial charge in [0.25, 0.3) is 0 Å². The molecule has 154 valence electrons. The van der Waals surface area contributed by atoms with E-state index in [-0.39, 0.29) is 35.7 Å². The van der Waals surface area contributed by atoms with Crippen molar-refractivity contribution in [1.82, 2.24) is 4.57 Å². The topological polar surface area (TPSA) is 97.8 Å². The molecular weight excluding hydrogens is 377 g/mol. The zero-order valence-electron chi connectivity index (χ0n) is 16.1. The number of aromatic nitrogens is 1. The lowest BCUT2D eigenvalue weighted by molar-refractivity contribution is 0.0695. The number of nitrogens with two attached hydrogens (primary N) is 1. The van der Waals surface area contributed by atoms with E-state index in [1.165, 1.54) is 12.3 Å². The maximum absolute atomic E-state index is 15.4. The summed E-state index contributed by atoms with van der Waals surface area (Å²) in [6.07, 6.45) is 5.98. The number of carboxylic acids is 1. The van der Waals surface area contributed by atoms with Gasteiger partial charge in [0.15, 0.2) is 0 Å². The molecule has 8 heteroatoms. The van der Waals surface area contributed by atoms with Crippen molar-refractivity contribution in [3.63, 3.8) is 0 Å². The zero-order valence-corrected chi connectivity index (χ0v) is 16.1. The Hall–Kier alpha value is -2.45. The Morgan fingerprint density at radius 1 is 1.28 bits per heavy atom. The van der Waals surface area contributed by atoms with Crippen molar-refractivity contribution in [1.29, 1.82) is 0 Å². The van der Waals surface area contributed by atoms with Crippen LogP contribution in [0.1, 0.15) is 54.1 Å². The molecular formula is C21H24FN3O4.